The van der Waals surface area contributed by atoms with Crippen LogP contribution in [-0.2, 0) is 31.3 Å². The largest absolute Gasteiger partial charge is 0.672 e. The van der Waals surface area contributed by atoms with Crippen LogP contribution in [0.5, 0.6) is 0 Å². The van der Waals surface area contributed by atoms with Crippen LogP contribution in [0.2, 0.25) is 6.04 Å². The summed E-state index contributed by atoms with van der Waals surface area (Å²) in [6.45, 7) is 10.6. The minimum absolute atomic E-state index is 0.234. The van der Waals surface area contributed by atoms with Crippen LogP contribution in [0, 0.1) is 0 Å². The fourth-order valence-electron chi connectivity index (χ4n) is 2.09. The van der Waals surface area contributed by atoms with E-state index in [0.29, 0.717) is 52.1 Å². The third-order valence-electron chi connectivity index (χ3n) is 3.11. The summed E-state index contributed by atoms with van der Waals surface area (Å²) in [6.07, 6.45) is 0.850. The second kappa shape index (κ2) is 11.7. The lowest BCUT2D eigenvalue weighted by atomic mass is 10.5. The molecule has 24 heavy (non-hydrogen) atoms. The molecule has 1 heterocycles. The van der Waals surface area contributed by atoms with Gasteiger partial charge in [-0.2, -0.15) is 0 Å². The molecule has 0 amide bonds. The zero-order chi connectivity index (χ0) is 17.9. The van der Waals surface area contributed by atoms with Crippen LogP contribution in [0.3, 0.4) is 0 Å². The van der Waals surface area contributed by atoms with Crippen molar-refractivity contribution < 1.29 is 36.1 Å². The lowest BCUT2D eigenvalue weighted by molar-refractivity contribution is -0.0161. The Kier molecular flexibility index (Phi) is 10.8. The topological polar surface area (TPSA) is 88.1 Å². The fraction of sp³-hybridized carbons (Fsp3) is 1.00. The van der Waals surface area contributed by atoms with Gasteiger partial charge in [-0.1, -0.05) is 0 Å². The number of hydrogen-bond acceptors (Lipinski definition) is 8. The molecule has 8 nitrogen and oxygen atoms in total. The molecule has 0 radical (unpaired) electrons. The van der Waals surface area contributed by atoms with Gasteiger partial charge in [0.1, 0.15) is 6.10 Å². The van der Waals surface area contributed by atoms with E-state index in [9.17, 15) is 4.80 Å². The molecule has 0 aliphatic carbocycles. The first kappa shape index (κ1) is 22.2. The number of hydrogen-bond donors (Lipinski definition) is 1. The summed E-state index contributed by atoms with van der Waals surface area (Å²) in [4.78, 5) is 10.9. The van der Waals surface area contributed by atoms with Gasteiger partial charge in [-0.3, -0.25) is 0 Å². The van der Waals surface area contributed by atoms with E-state index in [1.807, 2.05) is 27.7 Å². The lowest BCUT2D eigenvalue weighted by Gasteiger charge is -2.33. The summed E-state index contributed by atoms with van der Waals surface area (Å²) >= 11 is 0. The summed E-state index contributed by atoms with van der Waals surface area (Å²) in [5, 5.41) is 0. The van der Waals surface area contributed by atoms with Crippen LogP contribution in [0.25, 0.3) is 0 Å². The third-order valence-corrected chi connectivity index (χ3v) is 9.03. The fourth-order valence-corrected chi connectivity index (χ4v) is 7.50. The molecule has 1 N–H and O–H groups in total. The lowest BCUT2D eigenvalue weighted by Crippen LogP contribution is -2.59. The molecule has 1 fully saturated rings. The maximum atomic E-state index is 10.9. The van der Waals surface area contributed by atoms with Gasteiger partial charge in [0.2, 0.25) is 0 Å². The van der Waals surface area contributed by atoms with Gasteiger partial charge in [0, 0.05) is 39.1 Å². The molecule has 0 bridgehead atoms. The zero-order valence-electron chi connectivity index (χ0n) is 15.2. The van der Waals surface area contributed by atoms with Crippen molar-refractivity contribution in [1.82, 2.24) is 0 Å². The van der Waals surface area contributed by atoms with Crippen LogP contribution in [-0.4, -0.2) is 75.0 Å². The maximum absolute atomic E-state index is 10.9. The Morgan fingerprint density at radius 3 is 1.96 bits per heavy atom. The highest BCUT2D eigenvalue weighted by Crippen LogP contribution is 2.22. The van der Waals surface area contributed by atoms with Crippen molar-refractivity contribution in [2.75, 3.05) is 46.2 Å². The van der Waals surface area contributed by atoms with Crippen molar-refractivity contribution in [2.24, 2.45) is 0 Å². The molecule has 0 saturated carbocycles. The Morgan fingerprint density at radius 1 is 0.958 bits per heavy atom. The maximum Gasteiger partial charge on any atom is 0.672 e. The van der Waals surface area contributed by atoms with E-state index in [2.05, 4.69) is 0 Å². The second-order valence-electron chi connectivity index (χ2n) is 5.18. The number of rotatable bonds is 16. The first-order valence-electron chi connectivity index (χ1n) is 8.70. The van der Waals surface area contributed by atoms with Gasteiger partial charge >= 0.3 is 17.9 Å². The van der Waals surface area contributed by atoms with Crippen LogP contribution in [0.1, 0.15) is 34.1 Å². The number of ether oxygens (including phenoxy) is 2. The van der Waals surface area contributed by atoms with Gasteiger partial charge in [-0.15, -0.1) is 0 Å². The predicted octanol–water partition coefficient (Wildman–Crippen LogP) is 1.32. The molecule has 1 saturated heterocycles. The Hall–Kier alpha value is 0.114. The highest BCUT2D eigenvalue weighted by atomic mass is 28.5. The normalized spacial score (nSPS) is 20.1. The molecule has 144 valence electrons. The minimum atomic E-state index is -3.48. The smallest absolute Gasteiger partial charge is 0.390 e. The molecule has 0 aromatic heterocycles. The van der Waals surface area contributed by atoms with Crippen molar-refractivity contribution in [1.29, 1.82) is 0 Å². The molecule has 1 aliphatic rings. The summed E-state index contributed by atoms with van der Waals surface area (Å²) in [5.74, 6) is 0. The zero-order valence-corrected chi connectivity index (χ0v) is 17.2. The van der Waals surface area contributed by atoms with Crippen molar-refractivity contribution in [3.05, 3.63) is 0 Å². The van der Waals surface area contributed by atoms with Gasteiger partial charge in [-0.25, -0.2) is 0 Å². The van der Waals surface area contributed by atoms with E-state index < -0.39 is 17.9 Å². The van der Waals surface area contributed by atoms with E-state index in [-0.39, 0.29) is 6.10 Å². The first-order chi connectivity index (χ1) is 11.5. The molecular weight excluding hydrogens is 352 g/mol. The molecule has 10 heteroatoms. The molecule has 0 spiro atoms. The van der Waals surface area contributed by atoms with Crippen LogP contribution in [0.15, 0.2) is 0 Å². The molecule has 2 unspecified atom stereocenters. The number of epoxide rings is 1. The van der Waals surface area contributed by atoms with E-state index >= 15 is 0 Å². The average Bonchev–Trinajstić information content (AvgIpc) is 3.32. The minimum Gasteiger partial charge on any atom is -0.390 e. The van der Waals surface area contributed by atoms with Crippen molar-refractivity contribution in [3.8, 4) is 0 Å². The van der Waals surface area contributed by atoms with Crippen molar-refractivity contribution in [2.45, 2.75) is 46.3 Å². The molecule has 1 rings (SSSR count). The van der Waals surface area contributed by atoms with Crippen LogP contribution < -0.4 is 0 Å². The molecule has 0 aromatic carbocycles. The Bertz CT molecular complexity index is 315. The van der Waals surface area contributed by atoms with Gasteiger partial charge in [0.15, 0.2) is 0 Å². The Morgan fingerprint density at radius 2 is 1.50 bits per heavy atom. The predicted molar refractivity (Wildman–Crippen MR) is 91.3 cm³/mol. The summed E-state index contributed by atoms with van der Waals surface area (Å²) < 4.78 is 38.9. The molecule has 2 atom stereocenters. The Labute approximate surface area is 147 Å². The first-order valence-corrected chi connectivity index (χ1v) is 12.3. The van der Waals surface area contributed by atoms with Gasteiger partial charge < -0.3 is 36.1 Å². The van der Waals surface area contributed by atoms with E-state index in [1.54, 1.807) is 0 Å². The monoisotopic (exact) mass is 384 g/mol. The van der Waals surface area contributed by atoms with Gasteiger partial charge in [0.25, 0.3) is 0 Å². The van der Waals surface area contributed by atoms with E-state index in [1.165, 1.54) is 0 Å². The van der Waals surface area contributed by atoms with E-state index in [4.69, 9.17) is 31.3 Å². The average molecular weight is 385 g/mol. The molecular formula is C14H32O8Si2. The van der Waals surface area contributed by atoms with Gasteiger partial charge in [-0.05, 0) is 34.1 Å². The highest BCUT2D eigenvalue weighted by Gasteiger charge is 2.54. The Balaban J connectivity index is 2.58. The standard InChI is InChI=1S/C14H32O8Si2/c1-5-18-23(15,11-9-10-16-12-14-13-17-14)22-24(19-6-2,20-7-3)21-8-4/h14-15H,5-13H2,1-4H3. The third kappa shape index (κ3) is 8.47. The van der Waals surface area contributed by atoms with E-state index in [0.717, 1.165) is 6.61 Å². The summed E-state index contributed by atoms with van der Waals surface area (Å²) in [7, 11) is -6.90. The summed E-state index contributed by atoms with van der Waals surface area (Å²) in [6, 6.07) is 0.355. The van der Waals surface area contributed by atoms with Gasteiger partial charge in [0.05, 0.1) is 13.2 Å². The second-order valence-corrected chi connectivity index (χ2v) is 10.1. The SMILES string of the molecule is CCO[Si](O)(CCCOCC1CO1)O[Si](OCC)(OCC)OCC. The van der Waals surface area contributed by atoms with Crippen LogP contribution >= 0.6 is 0 Å². The highest BCUT2D eigenvalue weighted by molar-refractivity contribution is 6.71. The van der Waals surface area contributed by atoms with Crippen LogP contribution in [0.4, 0.5) is 0 Å². The quantitative estimate of drug-likeness (QED) is 0.242. The molecule has 0 aromatic rings. The molecule has 1 aliphatic heterocycles. The van der Waals surface area contributed by atoms with Crippen molar-refractivity contribution in [3.63, 3.8) is 0 Å². The van der Waals surface area contributed by atoms with Crippen molar-refractivity contribution >= 4 is 17.9 Å². The summed E-state index contributed by atoms with van der Waals surface area (Å²) in [5.41, 5.74) is 0.